The van der Waals surface area contributed by atoms with Gasteiger partial charge >= 0.3 is 0 Å². The molecule has 1 aliphatic heterocycles. The fraction of sp³-hybridized carbons (Fsp3) is 0.577. The Balaban J connectivity index is 1.72. The fourth-order valence-electron chi connectivity index (χ4n) is 4.38. The first-order chi connectivity index (χ1) is 15.5. The number of rotatable bonds is 6. The van der Waals surface area contributed by atoms with Crippen LogP contribution in [0.3, 0.4) is 0 Å². The maximum Gasteiger partial charge on any atom is 0.269 e. The van der Waals surface area contributed by atoms with Gasteiger partial charge in [-0.15, -0.1) is 0 Å². The lowest BCUT2D eigenvalue weighted by Gasteiger charge is -2.35. The summed E-state index contributed by atoms with van der Waals surface area (Å²) in [6, 6.07) is 9.74. The smallest absolute Gasteiger partial charge is 0.269 e. The molecule has 33 heavy (non-hydrogen) atoms. The first-order valence-corrected chi connectivity index (χ1v) is 11.9. The summed E-state index contributed by atoms with van der Waals surface area (Å²) in [5.41, 5.74) is 9.37. The summed E-state index contributed by atoms with van der Waals surface area (Å²) in [6.07, 6.45) is 1.71. The van der Waals surface area contributed by atoms with Gasteiger partial charge in [-0.1, -0.05) is 50.6 Å². The Bertz CT molecular complexity index is 981. The van der Waals surface area contributed by atoms with Gasteiger partial charge in [-0.3, -0.25) is 14.3 Å². The monoisotopic (exact) mass is 453 g/mol. The van der Waals surface area contributed by atoms with Crippen molar-refractivity contribution in [2.24, 2.45) is 11.7 Å². The Morgan fingerprint density at radius 1 is 1.18 bits per heavy atom. The first-order valence-electron chi connectivity index (χ1n) is 11.9. The standard InChI is InChI=1S/C26H39N5O2/c1-17-8-7-9-20(14-17)16-31-22(15-23(29-31)26(4,5)6)24(32)28-19(3)21-10-12-30(13-11-21)25(33)18(2)27/h7-9,14-15,18-19,21H,10-13,16,27H2,1-6H3,(H,28,32). The average molecular weight is 454 g/mol. The highest BCUT2D eigenvalue weighted by molar-refractivity contribution is 5.93. The first kappa shape index (κ1) is 25.0. The highest BCUT2D eigenvalue weighted by Crippen LogP contribution is 2.24. The Kier molecular flexibility index (Phi) is 7.62. The molecule has 3 N–H and O–H groups in total. The van der Waals surface area contributed by atoms with Gasteiger partial charge in [0.05, 0.1) is 18.3 Å². The van der Waals surface area contributed by atoms with E-state index in [1.807, 2.05) is 21.7 Å². The Hall–Kier alpha value is -2.67. The van der Waals surface area contributed by atoms with Gasteiger partial charge < -0.3 is 16.0 Å². The number of carbonyl (C=O) groups is 2. The van der Waals surface area contributed by atoms with Crippen molar-refractivity contribution >= 4 is 11.8 Å². The summed E-state index contributed by atoms with van der Waals surface area (Å²) >= 11 is 0. The van der Waals surface area contributed by atoms with Gasteiger partial charge in [-0.05, 0) is 51.2 Å². The molecule has 2 aromatic rings. The van der Waals surface area contributed by atoms with Gasteiger partial charge in [0.1, 0.15) is 5.69 Å². The SMILES string of the molecule is Cc1cccc(Cn2nc(C(C)(C)C)cc2C(=O)NC(C)C2CCN(C(=O)C(C)N)CC2)c1. The predicted octanol–water partition coefficient (Wildman–Crippen LogP) is 3.24. The van der Waals surface area contributed by atoms with Crippen LogP contribution in [0.25, 0.3) is 0 Å². The number of likely N-dealkylation sites (tertiary alicyclic amines) is 1. The van der Waals surface area contributed by atoms with Crippen LogP contribution < -0.4 is 11.1 Å². The van der Waals surface area contributed by atoms with E-state index in [0.717, 1.165) is 24.1 Å². The number of nitrogens with two attached hydrogens (primary N) is 1. The molecule has 0 bridgehead atoms. The zero-order valence-corrected chi connectivity index (χ0v) is 20.9. The molecule has 2 heterocycles. The summed E-state index contributed by atoms with van der Waals surface area (Å²) in [6.45, 7) is 14.1. The lowest BCUT2D eigenvalue weighted by Crippen LogP contribution is -2.49. The van der Waals surface area contributed by atoms with Crippen molar-refractivity contribution in [1.29, 1.82) is 0 Å². The third kappa shape index (κ3) is 6.22. The van der Waals surface area contributed by atoms with E-state index >= 15 is 0 Å². The molecule has 0 saturated carbocycles. The van der Waals surface area contributed by atoms with Crippen LogP contribution in [0.5, 0.6) is 0 Å². The van der Waals surface area contributed by atoms with Gasteiger partial charge in [-0.25, -0.2) is 0 Å². The van der Waals surface area contributed by atoms with Crippen LogP contribution >= 0.6 is 0 Å². The molecular formula is C26H39N5O2. The zero-order chi connectivity index (χ0) is 24.3. The molecule has 0 radical (unpaired) electrons. The van der Waals surface area contributed by atoms with Crippen molar-refractivity contribution < 1.29 is 9.59 Å². The lowest BCUT2D eigenvalue weighted by molar-refractivity contribution is -0.133. The Labute approximate surface area is 197 Å². The molecule has 0 spiro atoms. The van der Waals surface area contributed by atoms with E-state index in [9.17, 15) is 9.59 Å². The van der Waals surface area contributed by atoms with Crippen LogP contribution in [-0.4, -0.2) is 51.7 Å². The largest absolute Gasteiger partial charge is 0.348 e. The van der Waals surface area contributed by atoms with Crippen LogP contribution in [0.1, 0.15) is 74.8 Å². The predicted molar refractivity (Wildman–Crippen MR) is 131 cm³/mol. The quantitative estimate of drug-likeness (QED) is 0.702. The van der Waals surface area contributed by atoms with E-state index in [2.05, 4.69) is 58.1 Å². The summed E-state index contributed by atoms with van der Waals surface area (Å²) in [4.78, 5) is 27.3. The van der Waals surface area contributed by atoms with Crippen molar-refractivity contribution in [3.8, 4) is 0 Å². The normalized spacial score (nSPS) is 17.0. The third-order valence-electron chi connectivity index (χ3n) is 6.50. The van der Waals surface area contributed by atoms with E-state index < -0.39 is 6.04 Å². The minimum atomic E-state index is -0.468. The summed E-state index contributed by atoms with van der Waals surface area (Å²) in [7, 11) is 0. The summed E-state index contributed by atoms with van der Waals surface area (Å²) < 4.78 is 1.82. The minimum Gasteiger partial charge on any atom is -0.348 e. The number of hydrogen-bond donors (Lipinski definition) is 2. The molecule has 1 saturated heterocycles. The number of hydrogen-bond acceptors (Lipinski definition) is 4. The topological polar surface area (TPSA) is 93.2 Å². The highest BCUT2D eigenvalue weighted by Gasteiger charge is 2.29. The maximum atomic E-state index is 13.3. The van der Waals surface area contributed by atoms with Gasteiger partial charge in [0.2, 0.25) is 5.91 Å². The molecular weight excluding hydrogens is 414 g/mol. The number of aromatic nitrogens is 2. The molecule has 2 unspecified atom stereocenters. The number of benzene rings is 1. The van der Waals surface area contributed by atoms with Crippen LogP contribution in [0.15, 0.2) is 30.3 Å². The molecule has 7 heteroatoms. The number of piperidine rings is 1. The van der Waals surface area contributed by atoms with Crippen molar-refractivity contribution in [2.45, 2.75) is 78.4 Å². The minimum absolute atomic E-state index is 0.0000937. The summed E-state index contributed by atoms with van der Waals surface area (Å²) in [5, 5.41) is 8.00. The molecule has 180 valence electrons. The average Bonchev–Trinajstić information content (AvgIpc) is 3.17. The molecule has 1 aromatic carbocycles. The van der Waals surface area contributed by atoms with Gasteiger partial charge in [0.25, 0.3) is 5.91 Å². The molecule has 1 fully saturated rings. The fourth-order valence-corrected chi connectivity index (χ4v) is 4.38. The molecule has 3 rings (SSSR count). The highest BCUT2D eigenvalue weighted by atomic mass is 16.2. The number of nitrogens with zero attached hydrogens (tertiary/aromatic N) is 3. The van der Waals surface area contributed by atoms with E-state index in [4.69, 9.17) is 10.8 Å². The Morgan fingerprint density at radius 3 is 2.42 bits per heavy atom. The van der Waals surface area contributed by atoms with Gasteiger partial charge in [0.15, 0.2) is 0 Å². The number of amides is 2. The van der Waals surface area contributed by atoms with Crippen LogP contribution in [0, 0.1) is 12.8 Å². The van der Waals surface area contributed by atoms with Crippen LogP contribution in [0.4, 0.5) is 0 Å². The van der Waals surface area contributed by atoms with Crippen molar-refractivity contribution in [2.75, 3.05) is 13.1 Å². The van der Waals surface area contributed by atoms with E-state index in [1.54, 1.807) is 6.92 Å². The Morgan fingerprint density at radius 2 is 1.85 bits per heavy atom. The third-order valence-corrected chi connectivity index (χ3v) is 6.50. The maximum absolute atomic E-state index is 13.3. The molecule has 0 aliphatic carbocycles. The number of nitrogens with one attached hydrogen (secondary N) is 1. The zero-order valence-electron chi connectivity index (χ0n) is 20.9. The van der Waals surface area contributed by atoms with Crippen LogP contribution in [-0.2, 0) is 16.8 Å². The van der Waals surface area contributed by atoms with Crippen molar-refractivity contribution in [3.63, 3.8) is 0 Å². The lowest BCUT2D eigenvalue weighted by atomic mass is 9.90. The van der Waals surface area contributed by atoms with Crippen molar-refractivity contribution in [1.82, 2.24) is 20.0 Å². The van der Waals surface area contributed by atoms with E-state index in [-0.39, 0.29) is 23.3 Å². The van der Waals surface area contributed by atoms with Crippen molar-refractivity contribution in [3.05, 3.63) is 52.8 Å². The molecule has 2 atom stereocenters. The molecule has 1 aliphatic rings. The molecule has 7 nitrogen and oxygen atoms in total. The van der Waals surface area contributed by atoms with Gasteiger partial charge in [-0.2, -0.15) is 5.10 Å². The van der Waals surface area contributed by atoms with E-state index in [0.29, 0.717) is 31.2 Å². The van der Waals surface area contributed by atoms with Crippen LogP contribution in [0.2, 0.25) is 0 Å². The van der Waals surface area contributed by atoms with Gasteiger partial charge in [0, 0.05) is 24.5 Å². The second-order valence-corrected chi connectivity index (χ2v) is 10.5. The number of aryl methyl sites for hydroxylation is 1. The summed E-state index contributed by atoms with van der Waals surface area (Å²) in [5.74, 6) is 0.216. The second kappa shape index (κ2) is 10.1. The molecule has 2 amide bonds. The van der Waals surface area contributed by atoms with E-state index in [1.165, 1.54) is 5.56 Å². The second-order valence-electron chi connectivity index (χ2n) is 10.5. The number of carbonyl (C=O) groups excluding carboxylic acids is 2. The molecule has 1 aromatic heterocycles.